The first-order valence-electron chi connectivity index (χ1n) is 9.69. The van der Waals surface area contributed by atoms with E-state index < -0.39 is 35.0 Å². The second kappa shape index (κ2) is 8.76. The van der Waals surface area contributed by atoms with Gasteiger partial charge in [0, 0.05) is 16.9 Å². The molecule has 0 fully saturated rings. The lowest BCUT2D eigenvalue weighted by molar-refractivity contribution is -0.139. The summed E-state index contributed by atoms with van der Waals surface area (Å²) in [5.41, 5.74) is 9.13. The predicted molar refractivity (Wildman–Crippen MR) is 112 cm³/mol. The molecule has 0 unspecified atom stereocenters. The van der Waals surface area contributed by atoms with Crippen LogP contribution in [-0.4, -0.2) is 0 Å². The van der Waals surface area contributed by atoms with Crippen molar-refractivity contribution in [2.45, 2.75) is 32.1 Å². The van der Waals surface area contributed by atoms with E-state index in [0.29, 0.717) is 5.56 Å². The highest BCUT2D eigenvalue weighted by atomic mass is 19.4. The van der Waals surface area contributed by atoms with Gasteiger partial charge in [-0.3, -0.25) is 0 Å². The molecule has 0 radical (unpaired) electrons. The summed E-state index contributed by atoms with van der Waals surface area (Å²) in [7, 11) is 0. The van der Waals surface area contributed by atoms with Crippen LogP contribution in [-0.2, 0) is 12.4 Å². The van der Waals surface area contributed by atoms with Crippen molar-refractivity contribution in [1.82, 2.24) is 0 Å². The fraction of sp³-hybridized carbons (Fsp3) is 0.217. The van der Waals surface area contributed by atoms with Crippen molar-refractivity contribution in [1.29, 1.82) is 0 Å². The molecular weight excluding hydrogens is 450 g/mol. The van der Waals surface area contributed by atoms with Crippen LogP contribution in [0.2, 0.25) is 0 Å². The number of halogens is 6. The van der Waals surface area contributed by atoms with E-state index in [9.17, 15) is 26.3 Å². The van der Waals surface area contributed by atoms with E-state index in [1.807, 2.05) is 0 Å². The minimum absolute atomic E-state index is 0.0506. The summed E-state index contributed by atoms with van der Waals surface area (Å²) in [6.07, 6.45) is -9.40. The molecular formula is C23H20F6N2O2. The molecule has 0 aromatic heterocycles. The van der Waals surface area contributed by atoms with Crippen LogP contribution in [0, 0.1) is 0 Å². The molecule has 0 amide bonds. The Kier molecular flexibility index (Phi) is 6.40. The summed E-state index contributed by atoms with van der Waals surface area (Å²) in [5.74, 6) is -1.01. The van der Waals surface area contributed by atoms with Gasteiger partial charge in [-0.25, -0.2) is 0 Å². The smallest absolute Gasteiger partial charge is 0.420 e. The highest BCUT2D eigenvalue weighted by molar-refractivity contribution is 5.53. The predicted octanol–water partition coefficient (Wildman–Crippen LogP) is 7.60. The van der Waals surface area contributed by atoms with Crippen LogP contribution in [0.5, 0.6) is 23.0 Å². The Morgan fingerprint density at radius 3 is 1.55 bits per heavy atom. The lowest BCUT2D eigenvalue weighted by atomic mass is 10.0. The molecule has 10 heteroatoms. The first-order valence-corrected chi connectivity index (χ1v) is 9.69. The van der Waals surface area contributed by atoms with E-state index in [2.05, 4.69) is 0 Å². The van der Waals surface area contributed by atoms with Crippen molar-refractivity contribution in [3.63, 3.8) is 0 Å². The average molecular weight is 470 g/mol. The molecule has 3 rings (SSSR count). The molecule has 3 aromatic carbocycles. The number of anilines is 2. The standard InChI is InChI=1S/C23H20F6N2O2/c1-12(2)16-11-15(32-20-6-3-13(30)9-17(20)22(24,25)26)5-8-19(16)33-21-7-4-14(31)10-18(21)23(27,28)29/h3-12H,30-31H2,1-2H3. The minimum atomic E-state index is -4.70. The molecule has 33 heavy (non-hydrogen) atoms. The molecule has 4 nitrogen and oxygen atoms in total. The van der Waals surface area contributed by atoms with E-state index in [1.165, 1.54) is 30.3 Å². The van der Waals surface area contributed by atoms with Crippen LogP contribution in [0.3, 0.4) is 0 Å². The Morgan fingerprint density at radius 2 is 1.09 bits per heavy atom. The molecule has 0 atom stereocenters. The number of alkyl halides is 6. The third-order valence-electron chi connectivity index (χ3n) is 4.67. The molecule has 0 aliphatic heterocycles. The number of nitrogens with two attached hydrogens (primary N) is 2. The molecule has 0 aliphatic carbocycles. The summed E-state index contributed by atoms with van der Waals surface area (Å²) < 4.78 is 91.3. The van der Waals surface area contributed by atoms with Gasteiger partial charge in [-0.1, -0.05) is 13.8 Å². The SMILES string of the molecule is CC(C)c1cc(Oc2ccc(N)cc2C(F)(F)F)ccc1Oc1ccc(N)cc1C(F)(F)F. The molecule has 0 saturated carbocycles. The van der Waals surface area contributed by atoms with Crippen LogP contribution in [0.15, 0.2) is 54.6 Å². The summed E-state index contributed by atoms with van der Waals surface area (Å²) in [6, 6.07) is 10.3. The lowest BCUT2D eigenvalue weighted by Gasteiger charge is -2.19. The fourth-order valence-electron chi connectivity index (χ4n) is 3.10. The van der Waals surface area contributed by atoms with Gasteiger partial charge in [-0.15, -0.1) is 0 Å². The highest BCUT2D eigenvalue weighted by Crippen LogP contribution is 2.43. The van der Waals surface area contributed by atoms with E-state index in [1.54, 1.807) is 13.8 Å². The second-order valence-corrected chi connectivity index (χ2v) is 7.57. The average Bonchev–Trinajstić information content (AvgIpc) is 2.70. The fourth-order valence-corrected chi connectivity index (χ4v) is 3.10. The lowest BCUT2D eigenvalue weighted by Crippen LogP contribution is -2.09. The molecule has 0 saturated heterocycles. The number of nitrogen functional groups attached to an aromatic ring is 2. The topological polar surface area (TPSA) is 70.5 Å². The van der Waals surface area contributed by atoms with Gasteiger partial charge >= 0.3 is 12.4 Å². The first-order chi connectivity index (χ1) is 15.3. The number of hydrogen-bond acceptors (Lipinski definition) is 4. The van der Waals surface area contributed by atoms with Gasteiger partial charge in [0.15, 0.2) is 0 Å². The van der Waals surface area contributed by atoms with Crippen LogP contribution in [0.4, 0.5) is 37.7 Å². The molecule has 176 valence electrons. The molecule has 4 N–H and O–H groups in total. The van der Waals surface area contributed by atoms with E-state index >= 15 is 0 Å². The third-order valence-corrected chi connectivity index (χ3v) is 4.67. The molecule has 3 aromatic rings. The normalized spacial score (nSPS) is 12.2. The number of ether oxygens (including phenoxy) is 2. The van der Waals surface area contributed by atoms with Crippen LogP contribution < -0.4 is 20.9 Å². The maximum atomic E-state index is 13.4. The molecule has 0 spiro atoms. The van der Waals surface area contributed by atoms with Gasteiger partial charge < -0.3 is 20.9 Å². The van der Waals surface area contributed by atoms with Crippen molar-refractivity contribution < 1.29 is 35.8 Å². The largest absolute Gasteiger partial charge is 0.457 e. The van der Waals surface area contributed by atoms with Gasteiger partial charge in [0.1, 0.15) is 34.1 Å². The summed E-state index contributed by atoms with van der Waals surface area (Å²) in [6.45, 7) is 3.51. The van der Waals surface area contributed by atoms with Crippen LogP contribution in [0.25, 0.3) is 0 Å². The minimum Gasteiger partial charge on any atom is -0.457 e. The molecule has 0 bridgehead atoms. The van der Waals surface area contributed by atoms with Crippen molar-refractivity contribution in [3.05, 3.63) is 71.3 Å². The third kappa shape index (κ3) is 5.63. The Hall–Kier alpha value is -3.56. The van der Waals surface area contributed by atoms with Crippen molar-refractivity contribution in [2.24, 2.45) is 0 Å². The summed E-state index contributed by atoms with van der Waals surface area (Å²) in [4.78, 5) is 0. The number of hydrogen-bond donors (Lipinski definition) is 2. The first kappa shape index (κ1) is 24.1. The van der Waals surface area contributed by atoms with Crippen LogP contribution in [0.1, 0.15) is 36.5 Å². The monoisotopic (exact) mass is 470 g/mol. The van der Waals surface area contributed by atoms with Gasteiger partial charge in [0.25, 0.3) is 0 Å². The Morgan fingerprint density at radius 1 is 0.636 bits per heavy atom. The zero-order valence-corrected chi connectivity index (χ0v) is 17.5. The highest BCUT2D eigenvalue weighted by Gasteiger charge is 2.36. The van der Waals surface area contributed by atoms with Gasteiger partial charge in [-0.2, -0.15) is 26.3 Å². The number of benzene rings is 3. The van der Waals surface area contributed by atoms with E-state index in [-0.39, 0.29) is 28.8 Å². The second-order valence-electron chi connectivity index (χ2n) is 7.57. The summed E-state index contributed by atoms with van der Waals surface area (Å²) in [5, 5.41) is 0. The van der Waals surface area contributed by atoms with Crippen molar-refractivity contribution >= 4 is 11.4 Å². The van der Waals surface area contributed by atoms with Crippen LogP contribution >= 0.6 is 0 Å². The zero-order chi connectivity index (χ0) is 24.6. The number of rotatable bonds is 5. The van der Waals surface area contributed by atoms with Crippen molar-refractivity contribution in [3.8, 4) is 23.0 Å². The quantitative estimate of drug-likeness (QED) is 0.298. The molecule has 0 heterocycles. The maximum Gasteiger partial charge on any atom is 0.420 e. The van der Waals surface area contributed by atoms with Gasteiger partial charge in [-0.05, 0) is 60.5 Å². The van der Waals surface area contributed by atoms with Gasteiger partial charge in [0.2, 0.25) is 0 Å². The Balaban J connectivity index is 1.99. The maximum absolute atomic E-state index is 13.4. The van der Waals surface area contributed by atoms with Crippen molar-refractivity contribution in [2.75, 3.05) is 11.5 Å². The Labute approximate surface area is 185 Å². The van der Waals surface area contributed by atoms with E-state index in [0.717, 1.165) is 24.3 Å². The molecule has 0 aliphatic rings. The Bertz CT molecular complexity index is 1160. The van der Waals surface area contributed by atoms with E-state index in [4.69, 9.17) is 20.9 Å². The van der Waals surface area contributed by atoms with Gasteiger partial charge in [0.05, 0.1) is 0 Å². The summed E-state index contributed by atoms with van der Waals surface area (Å²) >= 11 is 0. The zero-order valence-electron chi connectivity index (χ0n) is 17.5.